The van der Waals surface area contributed by atoms with Crippen molar-refractivity contribution in [1.82, 2.24) is 0 Å². The van der Waals surface area contributed by atoms with Crippen molar-refractivity contribution in [2.45, 2.75) is 38.7 Å². The van der Waals surface area contributed by atoms with Crippen molar-refractivity contribution in [3.8, 4) is 12.3 Å². The Morgan fingerprint density at radius 2 is 2.09 bits per heavy atom. The lowest BCUT2D eigenvalue weighted by Gasteiger charge is -2.18. The molecule has 0 fully saturated rings. The van der Waals surface area contributed by atoms with Crippen molar-refractivity contribution in [2.75, 3.05) is 0 Å². The molecule has 0 aliphatic heterocycles. The van der Waals surface area contributed by atoms with Gasteiger partial charge in [0.15, 0.2) is 0 Å². The monoisotopic (exact) mass is 150 g/mol. The smallest absolute Gasteiger partial charge is 0.0733 e. The second-order valence-electron chi connectivity index (χ2n) is 3.03. The number of aliphatic hydroxyl groups is 1. The van der Waals surface area contributed by atoms with Crippen LogP contribution in [0.5, 0.6) is 0 Å². The van der Waals surface area contributed by atoms with Gasteiger partial charge in [0.2, 0.25) is 0 Å². The van der Waals surface area contributed by atoms with Gasteiger partial charge in [0, 0.05) is 5.57 Å². The summed E-state index contributed by atoms with van der Waals surface area (Å²) in [4.78, 5) is 0. The maximum absolute atomic E-state index is 9.33. The van der Waals surface area contributed by atoms with E-state index in [9.17, 15) is 5.11 Å². The van der Waals surface area contributed by atoms with Crippen molar-refractivity contribution in [3.63, 3.8) is 0 Å². The molecule has 0 aromatic carbocycles. The fourth-order valence-electron chi connectivity index (χ4n) is 1.55. The molecular weight excluding hydrogens is 136 g/mol. The van der Waals surface area contributed by atoms with Gasteiger partial charge >= 0.3 is 0 Å². The van der Waals surface area contributed by atoms with Crippen LogP contribution in [0.3, 0.4) is 0 Å². The number of aliphatic hydroxyl groups excluding tert-OH is 1. The van der Waals surface area contributed by atoms with Gasteiger partial charge in [0.05, 0.1) is 6.10 Å². The summed E-state index contributed by atoms with van der Waals surface area (Å²) in [6.45, 7) is 1.79. The first kappa shape index (κ1) is 8.36. The third-order valence-corrected chi connectivity index (χ3v) is 2.19. The molecule has 0 bridgehead atoms. The van der Waals surface area contributed by atoms with E-state index in [1.165, 1.54) is 12.8 Å². The van der Waals surface area contributed by atoms with E-state index in [-0.39, 0.29) is 6.10 Å². The van der Waals surface area contributed by atoms with E-state index >= 15 is 0 Å². The molecule has 0 amide bonds. The molecule has 1 heteroatoms. The van der Waals surface area contributed by atoms with Gasteiger partial charge in [-0.3, -0.25) is 0 Å². The third kappa shape index (κ3) is 1.85. The summed E-state index contributed by atoms with van der Waals surface area (Å²) >= 11 is 0. The van der Waals surface area contributed by atoms with Gasteiger partial charge < -0.3 is 5.11 Å². The quantitative estimate of drug-likeness (QED) is 0.566. The molecule has 0 spiro atoms. The Bertz CT molecular complexity index is 205. The molecular formula is C10H14O. The normalized spacial score (nSPS) is 21.2. The third-order valence-electron chi connectivity index (χ3n) is 2.19. The SMILES string of the molecule is C#CC1=C(C(C)O)CCCC1. The van der Waals surface area contributed by atoms with E-state index in [4.69, 9.17) is 6.42 Å². The Labute approximate surface area is 68.1 Å². The highest BCUT2D eigenvalue weighted by atomic mass is 16.3. The van der Waals surface area contributed by atoms with E-state index in [0.717, 1.165) is 24.0 Å². The van der Waals surface area contributed by atoms with Gasteiger partial charge in [-0.25, -0.2) is 0 Å². The molecule has 0 saturated carbocycles. The molecule has 1 aliphatic carbocycles. The van der Waals surface area contributed by atoms with E-state index in [2.05, 4.69) is 5.92 Å². The van der Waals surface area contributed by atoms with Crippen LogP contribution >= 0.6 is 0 Å². The minimum Gasteiger partial charge on any atom is -0.389 e. The van der Waals surface area contributed by atoms with Crippen LogP contribution in [-0.4, -0.2) is 11.2 Å². The largest absolute Gasteiger partial charge is 0.389 e. The number of hydrogen-bond acceptors (Lipinski definition) is 1. The van der Waals surface area contributed by atoms with Crippen LogP contribution in [0.4, 0.5) is 0 Å². The van der Waals surface area contributed by atoms with Crippen LogP contribution in [0.15, 0.2) is 11.1 Å². The first-order valence-corrected chi connectivity index (χ1v) is 4.12. The fourth-order valence-corrected chi connectivity index (χ4v) is 1.55. The lowest BCUT2D eigenvalue weighted by molar-refractivity contribution is 0.223. The summed E-state index contributed by atoms with van der Waals surface area (Å²) in [5.74, 6) is 2.65. The van der Waals surface area contributed by atoms with E-state index in [0.29, 0.717) is 0 Å². The van der Waals surface area contributed by atoms with E-state index in [1.54, 1.807) is 6.92 Å². The minimum absolute atomic E-state index is 0.346. The van der Waals surface area contributed by atoms with Gasteiger partial charge in [0.1, 0.15) is 0 Å². The van der Waals surface area contributed by atoms with Crippen molar-refractivity contribution >= 4 is 0 Å². The molecule has 1 rings (SSSR count). The fraction of sp³-hybridized carbons (Fsp3) is 0.600. The molecule has 1 N–H and O–H groups in total. The summed E-state index contributed by atoms with van der Waals surface area (Å²) in [5, 5.41) is 9.33. The maximum atomic E-state index is 9.33. The van der Waals surface area contributed by atoms with Crippen LogP contribution in [0, 0.1) is 12.3 Å². The van der Waals surface area contributed by atoms with Crippen LogP contribution in [-0.2, 0) is 0 Å². The first-order valence-electron chi connectivity index (χ1n) is 4.12. The van der Waals surface area contributed by atoms with Crippen molar-refractivity contribution < 1.29 is 5.11 Å². The zero-order valence-electron chi connectivity index (χ0n) is 6.93. The Morgan fingerprint density at radius 1 is 1.45 bits per heavy atom. The van der Waals surface area contributed by atoms with Gasteiger partial charge in [-0.1, -0.05) is 5.92 Å². The van der Waals surface area contributed by atoms with Crippen molar-refractivity contribution in [3.05, 3.63) is 11.1 Å². The van der Waals surface area contributed by atoms with E-state index < -0.39 is 0 Å². The average Bonchev–Trinajstić information content (AvgIpc) is 2.04. The van der Waals surface area contributed by atoms with Crippen LogP contribution < -0.4 is 0 Å². The molecule has 0 aromatic heterocycles. The number of hydrogen-bond donors (Lipinski definition) is 1. The van der Waals surface area contributed by atoms with E-state index in [1.807, 2.05) is 0 Å². The standard InChI is InChI=1S/C10H14O/c1-3-9-6-4-5-7-10(9)8(2)11/h1,8,11H,4-7H2,2H3. The van der Waals surface area contributed by atoms with Gasteiger partial charge in [-0.05, 0) is 38.2 Å². The molecule has 11 heavy (non-hydrogen) atoms. The van der Waals surface area contributed by atoms with Crippen LogP contribution in [0.1, 0.15) is 32.6 Å². The number of terminal acetylenes is 1. The summed E-state index contributed by atoms with van der Waals surface area (Å²) < 4.78 is 0. The summed E-state index contributed by atoms with van der Waals surface area (Å²) in [6, 6.07) is 0. The predicted molar refractivity (Wildman–Crippen MR) is 46.0 cm³/mol. The second-order valence-corrected chi connectivity index (χ2v) is 3.03. The molecule has 0 saturated heterocycles. The van der Waals surface area contributed by atoms with Crippen LogP contribution in [0.25, 0.3) is 0 Å². The topological polar surface area (TPSA) is 20.2 Å². The maximum Gasteiger partial charge on any atom is 0.0733 e. The molecule has 0 heterocycles. The Kier molecular flexibility index (Phi) is 2.73. The lowest BCUT2D eigenvalue weighted by atomic mass is 9.89. The highest BCUT2D eigenvalue weighted by molar-refractivity contribution is 5.34. The lowest BCUT2D eigenvalue weighted by Crippen LogP contribution is -2.10. The Balaban J connectivity index is 2.84. The molecule has 1 aliphatic rings. The zero-order chi connectivity index (χ0) is 8.27. The van der Waals surface area contributed by atoms with Crippen molar-refractivity contribution in [1.29, 1.82) is 0 Å². The number of allylic oxidation sites excluding steroid dienone is 1. The predicted octanol–water partition coefficient (Wildman–Crippen LogP) is 1.87. The molecule has 60 valence electrons. The van der Waals surface area contributed by atoms with Gasteiger partial charge in [-0.2, -0.15) is 0 Å². The highest BCUT2D eigenvalue weighted by Gasteiger charge is 2.14. The molecule has 1 unspecified atom stereocenters. The molecule has 0 radical (unpaired) electrons. The van der Waals surface area contributed by atoms with Gasteiger partial charge in [0.25, 0.3) is 0 Å². The van der Waals surface area contributed by atoms with Crippen LogP contribution in [0.2, 0.25) is 0 Å². The first-order chi connectivity index (χ1) is 5.25. The Hall–Kier alpha value is -0.740. The summed E-state index contributed by atoms with van der Waals surface area (Å²) in [7, 11) is 0. The summed E-state index contributed by atoms with van der Waals surface area (Å²) in [6.07, 6.45) is 9.28. The van der Waals surface area contributed by atoms with Crippen molar-refractivity contribution in [2.24, 2.45) is 0 Å². The Morgan fingerprint density at radius 3 is 2.55 bits per heavy atom. The molecule has 0 aromatic rings. The summed E-state index contributed by atoms with van der Waals surface area (Å²) in [5.41, 5.74) is 2.12. The zero-order valence-corrected chi connectivity index (χ0v) is 6.93. The minimum atomic E-state index is -0.346. The molecule has 1 nitrogen and oxygen atoms in total. The highest BCUT2D eigenvalue weighted by Crippen LogP contribution is 2.26. The second kappa shape index (κ2) is 3.59. The average molecular weight is 150 g/mol. The van der Waals surface area contributed by atoms with Gasteiger partial charge in [-0.15, -0.1) is 6.42 Å². The molecule has 1 atom stereocenters. The number of rotatable bonds is 1.